The second-order valence-electron chi connectivity index (χ2n) is 7.12. The molecule has 0 aromatic heterocycles. The van der Waals surface area contributed by atoms with E-state index in [4.69, 9.17) is 25.8 Å². The number of carbonyl (C=O) groups excluding carboxylic acids is 1. The number of ether oxygens (including phenoxy) is 3. The van der Waals surface area contributed by atoms with Gasteiger partial charge in [0.05, 0.1) is 19.1 Å². The fraction of sp³-hybridized carbons (Fsp3) is 0.120. The molecule has 0 spiro atoms. The lowest BCUT2D eigenvalue weighted by atomic mass is 10.2. The third-order valence-electron chi connectivity index (χ3n) is 4.81. The highest BCUT2D eigenvalue weighted by Gasteiger charge is 2.24. The summed E-state index contributed by atoms with van der Waals surface area (Å²) in [4.78, 5) is 17.4. The second kappa shape index (κ2) is 10.6. The number of amidine groups is 1. The van der Waals surface area contributed by atoms with Gasteiger partial charge in [-0.2, -0.15) is 0 Å². The quantitative estimate of drug-likeness (QED) is 0.407. The van der Waals surface area contributed by atoms with E-state index in [0.29, 0.717) is 38.0 Å². The van der Waals surface area contributed by atoms with Gasteiger partial charge >= 0.3 is 0 Å². The zero-order valence-corrected chi connectivity index (χ0v) is 19.9. The maximum Gasteiger partial charge on any atom is 0.264 e. The molecule has 0 atom stereocenters. The van der Waals surface area contributed by atoms with E-state index in [2.05, 4.69) is 10.3 Å². The number of thioether (sulfide) groups is 1. The molecular formula is C25H20ClFN2O4S. The standard InChI is InChI=1S/C25H20ClFN2O4S/c1-31-20-10-6-17(26)13-19(20)28-25-29-24(30)23(34-25)12-16-5-9-21(22(11-16)32-2)33-14-15-3-7-18(27)8-4-15/h3-13H,14H2,1-2H3,(H,28,29,30)/b23-12-. The molecule has 1 heterocycles. The molecule has 1 amide bonds. The molecule has 4 rings (SSSR count). The normalized spacial score (nSPS) is 15.5. The lowest BCUT2D eigenvalue weighted by Gasteiger charge is -2.11. The number of rotatable bonds is 7. The van der Waals surface area contributed by atoms with Crippen LogP contribution < -0.4 is 19.5 Å². The van der Waals surface area contributed by atoms with E-state index >= 15 is 0 Å². The maximum atomic E-state index is 13.1. The topological polar surface area (TPSA) is 69.2 Å². The smallest absolute Gasteiger partial charge is 0.264 e. The third kappa shape index (κ3) is 5.70. The number of methoxy groups -OCH3 is 2. The van der Waals surface area contributed by atoms with Gasteiger partial charge in [0.1, 0.15) is 23.9 Å². The molecule has 0 aliphatic carbocycles. The lowest BCUT2D eigenvalue weighted by molar-refractivity contribution is -0.115. The van der Waals surface area contributed by atoms with Crippen LogP contribution in [0.5, 0.6) is 17.2 Å². The number of benzene rings is 3. The number of nitrogens with one attached hydrogen (secondary N) is 1. The van der Waals surface area contributed by atoms with Crippen molar-refractivity contribution in [1.29, 1.82) is 0 Å². The Labute approximate surface area is 205 Å². The van der Waals surface area contributed by atoms with E-state index in [1.165, 1.54) is 31.0 Å². The van der Waals surface area contributed by atoms with Gasteiger partial charge in [0.15, 0.2) is 16.7 Å². The van der Waals surface area contributed by atoms with Crippen LogP contribution in [0, 0.1) is 5.82 Å². The highest BCUT2D eigenvalue weighted by Crippen LogP contribution is 2.35. The molecule has 3 aromatic rings. The molecule has 0 saturated carbocycles. The highest BCUT2D eigenvalue weighted by molar-refractivity contribution is 8.18. The number of carbonyl (C=O) groups is 1. The molecule has 0 bridgehead atoms. The summed E-state index contributed by atoms with van der Waals surface area (Å²) >= 11 is 7.27. The molecule has 1 N–H and O–H groups in total. The van der Waals surface area contributed by atoms with Crippen LogP contribution >= 0.6 is 23.4 Å². The van der Waals surface area contributed by atoms with E-state index in [1.54, 1.807) is 55.7 Å². The van der Waals surface area contributed by atoms with Crippen molar-refractivity contribution in [2.24, 2.45) is 4.99 Å². The molecule has 0 radical (unpaired) electrons. The van der Waals surface area contributed by atoms with Crippen LogP contribution in [-0.4, -0.2) is 25.3 Å². The Bertz CT molecular complexity index is 1280. The molecule has 0 unspecified atom stereocenters. The molecule has 1 aliphatic rings. The number of aliphatic imine (C=N–C) groups is 1. The monoisotopic (exact) mass is 498 g/mol. The number of hydrogen-bond acceptors (Lipinski definition) is 6. The Morgan fingerprint density at radius 1 is 1.00 bits per heavy atom. The Balaban J connectivity index is 1.50. The van der Waals surface area contributed by atoms with Crippen LogP contribution in [-0.2, 0) is 11.4 Å². The first kappa shape index (κ1) is 23.7. The predicted octanol–water partition coefficient (Wildman–Crippen LogP) is 5.97. The Morgan fingerprint density at radius 3 is 2.47 bits per heavy atom. The van der Waals surface area contributed by atoms with Crippen molar-refractivity contribution < 1.29 is 23.4 Å². The summed E-state index contributed by atoms with van der Waals surface area (Å²) < 4.78 is 29.7. The van der Waals surface area contributed by atoms with Crippen LogP contribution in [0.2, 0.25) is 5.02 Å². The fourth-order valence-corrected chi connectivity index (χ4v) is 4.13. The van der Waals surface area contributed by atoms with E-state index in [0.717, 1.165) is 11.1 Å². The van der Waals surface area contributed by atoms with Crippen molar-refractivity contribution in [3.63, 3.8) is 0 Å². The largest absolute Gasteiger partial charge is 0.494 e. The summed E-state index contributed by atoms with van der Waals surface area (Å²) in [6.45, 7) is 0.266. The second-order valence-corrected chi connectivity index (χ2v) is 8.59. The van der Waals surface area contributed by atoms with E-state index in [-0.39, 0.29) is 18.3 Å². The molecule has 9 heteroatoms. The predicted molar refractivity (Wildman–Crippen MR) is 133 cm³/mol. The number of hydrogen-bond donors (Lipinski definition) is 1. The Morgan fingerprint density at radius 2 is 1.74 bits per heavy atom. The summed E-state index contributed by atoms with van der Waals surface area (Å²) in [5.41, 5.74) is 2.10. The first-order valence-corrected chi connectivity index (χ1v) is 11.3. The lowest BCUT2D eigenvalue weighted by Crippen LogP contribution is -2.19. The van der Waals surface area contributed by atoms with Crippen molar-refractivity contribution in [2.75, 3.05) is 14.2 Å². The van der Waals surface area contributed by atoms with Crippen molar-refractivity contribution in [3.05, 3.63) is 87.5 Å². The van der Waals surface area contributed by atoms with E-state index in [1.807, 2.05) is 6.07 Å². The zero-order valence-electron chi connectivity index (χ0n) is 18.3. The van der Waals surface area contributed by atoms with Crippen LogP contribution in [0.15, 0.2) is 70.6 Å². The molecule has 1 aliphatic heterocycles. The van der Waals surface area contributed by atoms with Crippen molar-refractivity contribution in [1.82, 2.24) is 5.32 Å². The van der Waals surface area contributed by atoms with Gasteiger partial charge in [-0.05, 0) is 71.4 Å². The van der Waals surface area contributed by atoms with Crippen molar-refractivity contribution in [2.45, 2.75) is 6.61 Å². The SMILES string of the molecule is COc1ccc(Cl)cc1N=C1NC(=O)/C(=C/c2ccc(OCc3ccc(F)cc3)c(OC)c2)S1. The summed E-state index contributed by atoms with van der Waals surface area (Å²) in [5, 5.41) is 3.68. The average Bonchev–Trinajstić information content (AvgIpc) is 3.17. The fourth-order valence-electron chi connectivity index (χ4n) is 3.13. The minimum absolute atomic E-state index is 0.264. The van der Waals surface area contributed by atoms with Gasteiger partial charge in [-0.15, -0.1) is 0 Å². The Hall–Kier alpha value is -3.49. The first-order chi connectivity index (χ1) is 16.4. The summed E-state index contributed by atoms with van der Waals surface area (Å²) in [6, 6.07) is 16.5. The van der Waals surface area contributed by atoms with Crippen LogP contribution in [0.3, 0.4) is 0 Å². The number of amides is 1. The van der Waals surface area contributed by atoms with Crippen LogP contribution in [0.4, 0.5) is 10.1 Å². The van der Waals surface area contributed by atoms with Gasteiger partial charge in [0.2, 0.25) is 0 Å². The molecule has 1 fully saturated rings. The van der Waals surface area contributed by atoms with Crippen LogP contribution in [0.1, 0.15) is 11.1 Å². The average molecular weight is 499 g/mol. The summed E-state index contributed by atoms with van der Waals surface area (Å²) in [5.74, 6) is 1.03. The molecule has 174 valence electrons. The number of nitrogens with zero attached hydrogens (tertiary/aromatic N) is 1. The molecule has 3 aromatic carbocycles. The van der Waals surface area contributed by atoms with Gasteiger partial charge in [0.25, 0.3) is 5.91 Å². The van der Waals surface area contributed by atoms with Gasteiger partial charge in [-0.1, -0.05) is 29.8 Å². The number of halogens is 2. The minimum Gasteiger partial charge on any atom is -0.494 e. The highest BCUT2D eigenvalue weighted by atomic mass is 35.5. The van der Waals surface area contributed by atoms with Gasteiger partial charge in [-0.25, -0.2) is 9.38 Å². The summed E-state index contributed by atoms with van der Waals surface area (Å²) in [7, 11) is 3.08. The Kier molecular flexibility index (Phi) is 7.40. The van der Waals surface area contributed by atoms with Gasteiger partial charge in [-0.3, -0.25) is 4.79 Å². The maximum absolute atomic E-state index is 13.1. The molecule has 6 nitrogen and oxygen atoms in total. The van der Waals surface area contributed by atoms with Crippen molar-refractivity contribution in [3.8, 4) is 17.2 Å². The summed E-state index contributed by atoms with van der Waals surface area (Å²) in [6.07, 6.45) is 1.74. The van der Waals surface area contributed by atoms with E-state index < -0.39 is 0 Å². The zero-order chi connectivity index (χ0) is 24.1. The van der Waals surface area contributed by atoms with Gasteiger partial charge in [0, 0.05) is 5.02 Å². The molecular weight excluding hydrogens is 479 g/mol. The van der Waals surface area contributed by atoms with Crippen LogP contribution in [0.25, 0.3) is 6.08 Å². The first-order valence-electron chi connectivity index (χ1n) is 10.1. The van der Waals surface area contributed by atoms with Crippen molar-refractivity contribution >= 4 is 46.2 Å². The van der Waals surface area contributed by atoms with Gasteiger partial charge < -0.3 is 19.5 Å². The molecule has 1 saturated heterocycles. The van der Waals surface area contributed by atoms with E-state index in [9.17, 15) is 9.18 Å². The molecule has 34 heavy (non-hydrogen) atoms. The minimum atomic E-state index is -0.299. The third-order valence-corrected chi connectivity index (χ3v) is 5.95.